The maximum Gasteiger partial charge on any atom is 0.0945 e. The first-order valence-corrected chi connectivity index (χ1v) is 4.18. The lowest BCUT2D eigenvalue weighted by Crippen LogP contribution is -1.93. The summed E-state index contributed by atoms with van der Waals surface area (Å²) in [6.07, 6.45) is 10.5. The van der Waals surface area contributed by atoms with Crippen molar-refractivity contribution in [1.82, 2.24) is 9.55 Å². The van der Waals surface area contributed by atoms with Crippen molar-refractivity contribution in [2.45, 2.75) is 32.2 Å². The molecule has 0 aliphatic carbocycles. The number of nitrogens with zero attached hydrogens (tertiary/aromatic N) is 2. The molecule has 0 spiro atoms. The van der Waals surface area contributed by atoms with Gasteiger partial charge in [-0.25, -0.2) is 4.98 Å². The van der Waals surface area contributed by atoms with E-state index >= 15 is 0 Å². The van der Waals surface area contributed by atoms with Gasteiger partial charge in [-0.2, -0.15) is 0 Å². The minimum absolute atomic E-state index is 1.06. The van der Waals surface area contributed by atoms with Gasteiger partial charge in [-0.1, -0.05) is 26.2 Å². The van der Waals surface area contributed by atoms with Gasteiger partial charge in [0.25, 0.3) is 0 Å². The summed E-state index contributed by atoms with van der Waals surface area (Å²) in [4.78, 5) is 3.97. The van der Waals surface area contributed by atoms with Gasteiger partial charge in [0.1, 0.15) is 0 Å². The highest BCUT2D eigenvalue weighted by Crippen LogP contribution is 2.00. The lowest BCUT2D eigenvalue weighted by atomic mass is 10.2. The Morgan fingerprint density at radius 3 is 2.82 bits per heavy atom. The van der Waals surface area contributed by atoms with Crippen LogP contribution in [0, 0.1) is 6.92 Å². The average molecular weight is 151 g/mol. The smallest absolute Gasteiger partial charge is 0.0945 e. The van der Waals surface area contributed by atoms with Gasteiger partial charge in [-0.3, -0.25) is 0 Å². The van der Waals surface area contributed by atoms with Crippen LogP contribution in [0.25, 0.3) is 0 Å². The second-order valence-corrected chi connectivity index (χ2v) is 2.71. The Labute approximate surface area is 68.3 Å². The minimum atomic E-state index is 1.06. The SMILES string of the molecule is [CH2]CCCCCn1ccnc1. The van der Waals surface area contributed by atoms with E-state index in [0.29, 0.717) is 0 Å². The number of imidazole rings is 1. The molecule has 1 aromatic heterocycles. The lowest BCUT2D eigenvalue weighted by Gasteiger charge is -1.99. The summed E-state index contributed by atoms with van der Waals surface area (Å²) in [6.45, 7) is 4.90. The monoisotopic (exact) mass is 151 g/mol. The summed E-state index contributed by atoms with van der Waals surface area (Å²) in [7, 11) is 0. The van der Waals surface area contributed by atoms with Crippen molar-refractivity contribution in [2.24, 2.45) is 0 Å². The van der Waals surface area contributed by atoms with E-state index in [2.05, 4.69) is 16.5 Å². The van der Waals surface area contributed by atoms with E-state index in [4.69, 9.17) is 0 Å². The molecule has 61 valence electrons. The molecule has 1 radical (unpaired) electrons. The number of hydrogen-bond acceptors (Lipinski definition) is 1. The number of aromatic nitrogens is 2. The molecule has 0 bridgehead atoms. The Morgan fingerprint density at radius 2 is 2.18 bits per heavy atom. The van der Waals surface area contributed by atoms with Gasteiger partial charge in [0, 0.05) is 18.9 Å². The molecule has 11 heavy (non-hydrogen) atoms. The van der Waals surface area contributed by atoms with E-state index in [1.165, 1.54) is 19.3 Å². The standard InChI is InChI=1S/C9H15N2/c1-2-3-4-5-7-11-8-6-10-9-11/h6,8-9H,1-5,7H2. The van der Waals surface area contributed by atoms with Crippen LogP contribution in [-0.2, 0) is 6.54 Å². The minimum Gasteiger partial charge on any atom is -0.337 e. The molecule has 0 saturated heterocycles. The highest BCUT2D eigenvalue weighted by molar-refractivity contribution is 4.73. The third-order valence-electron chi connectivity index (χ3n) is 1.73. The van der Waals surface area contributed by atoms with Gasteiger partial charge >= 0.3 is 0 Å². The van der Waals surface area contributed by atoms with Crippen molar-refractivity contribution in [3.63, 3.8) is 0 Å². The first-order chi connectivity index (χ1) is 5.43. The molecule has 2 heteroatoms. The zero-order valence-electron chi connectivity index (χ0n) is 6.87. The molecule has 0 aliphatic heterocycles. The normalized spacial score (nSPS) is 10.3. The van der Waals surface area contributed by atoms with Crippen LogP contribution in [0.5, 0.6) is 0 Å². The average Bonchev–Trinajstić information content (AvgIpc) is 2.50. The molecule has 0 N–H and O–H groups in total. The maximum atomic E-state index is 3.97. The third kappa shape index (κ3) is 3.21. The van der Waals surface area contributed by atoms with E-state index in [-0.39, 0.29) is 0 Å². The van der Waals surface area contributed by atoms with E-state index < -0.39 is 0 Å². The summed E-state index contributed by atoms with van der Waals surface area (Å²) in [5.41, 5.74) is 0. The molecule has 0 saturated carbocycles. The fourth-order valence-electron chi connectivity index (χ4n) is 1.07. The number of unbranched alkanes of at least 4 members (excludes halogenated alkanes) is 3. The molecular formula is C9H15N2. The van der Waals surface area contributed by atoms with Crippen molar-refractivity contribution in [3.8, 4) is 0 Å². The fourth-order valence-corrected chi connectivity index (χ4v) is 1.07. The summed E-state index contributed by atoms with van der Waals surface area (Å²) in [6, 6.07) is 0. The molecular weight excluding hydrogens is 136 g/mol. The van der Waals surface area contributed by atoms with Gasteiger partial charge in [-0.15, -0.1) is 0 Å². The molecule has 0 unspecified atom stereocenters. The van der Waals surface area contributed by atoms with Crippen LogP contribution in [0.15, 0.2) is 18.7 Å². The first kappa shape index (κ1) is 8.31. The van der Waals surface area contributed by atoms with Gasteiger partial charge in [0.05, 0.1) is 6.33 Å². The van der Waals surface area contributed by atoms with Crippen LogP contribution >= 0.6 is 0 Å². The van der Waals surface area contributed by atoms with E-state index in [1.54, 1.807) is 0 Å². The number of rotatable bonds is 5. The zero-order valence-corrected chi connectivity index (χ0v) is 6.87. The third-order valence-corrected chi connectivity index (χ3v) is 1.73. The van der Waals surface area contributed by atoms with Gasteiger partial charge in [0.15, 0.2) is 0 Å². The zero-order chi connectivity index (χ0) is 7.94. The molecule has 0 aliphatic rings. The first-order valence-electron chi connectivity index (χ1n) is 4.18. The highest BCUT2D eigenvalue weighted by Gasteiger charge is 1.89. The molecule has 2 nitrogen and oxygen atoms in total. The van der Waals surface area contributed by atoms with Crippen molar-refractivity contribution < 1.29 is 0 Å². The van der Waals surface area contributed by atoms with Crippen molar-refractivity contribution >= 4 is 0 Å². The molecule has 0 fully saturated rings. The summed E-state index contributed by atoms with van der Waals surface area (Å²) < 4.78 is 2.11. The predicted molar refractivity (Wildman–Crippen MR) is 46.1 cm³/mol. The Kier molecular flexibility index (Phi) is 3.73. The van der Waals surface area contributed by atoms with Gasteiger partial charge in [-0.05, 0) is 6.42 Å². The molecule has 0 amide bonds. The molecule has 0 atom stereocenters. The van der Waals surface area contributed by atoms with Crippen molar-refractivity contribution in [2.75, 3.05) is 0 Å². The van der Waals surface area contributed by atoms with Crippen LogP contribution < -0.4 is 0 Å². The largest absolute Gasteiger partial charge is 0.337 e. The van der Waals surface area contributed by atoms with Crippen molar-refractivity contribution in [1.29, 1.82) is 0 Å². The van der Waals surface area contributed by atoms with E-state index in [9.17, 15) is 0 Å². The Bertz CT molecular complexity index is 168. The van der Waals surface area contributed by atoms with Gasteiger partial charge < -0.3 is 4.57 Å². The summed E-state index contributed by atoms with van der Waals surface area (Å²) in [5, 5.41) is 0. The second-order valence-electron chi connectivity index (χ2n) is 2.71. The van der Waals surface area contributed by atoms with Crippen molar-refractivity contribution in [3.05, 3.63) is 25.6 Å². The highest BCUT2D eigenvalue weighted by atomic mass is 15.0. The van der Waals surface area contributed by atoms with Crippen LogP contribution in [0.2, 0.25) is 0 Å². The summed E-state index contributed by atoms with van der Waals surface area (Å²) >= 11 is 0. The van der Waals surface area contributed by atoms with Crippen LogP contribution in [0.4, 0.5) is 0 Å². The van der Waals surface area contributed by atoms with Gasteiger partial charge in [0.2, 0.25) is 0 Å². The number of hydrogen-bond donors (Lipinski definition) is 0. The maximum absolute atomic E-state index is 3.97. The molecule has 1 rings (SSSR count). The lowest BCUT2D eigenvalue weighted by molar-refractivity contribution is 0.590. The number of aryl methyl sites for hydroxylation is 1. The molecule has 0 aromatic carbocycles. The summed E-state index contributed by atoms with van der Waals surface area (Å²) in [5.74, 6) is 0. The second kappa shape index (κ2) is 4.94. The molecule has 1 aromatic rings. The Hall–Kier alpha value is -0.790. The quantitative estimate of drug-likeness (QED) is 0.590. The van der Waals surface area contributed by atoms with E-state index in [0.717, 1.165) is 13.0 Å². The van der Waals surface area contributed by atoms with Crippen LogP contribution in [-0.4, -0.2) is 9.55 Å². The topological polar surface area (TPSA) is 17.8 Å². The predicted octanol–water partition coefficient (Wildman–Crippen LogP) is 2.28. The van der Waals surface area contributed by atoms with E-state index in [1.807, 2.05) is 18.7 Å². The Balaban J connectivity index is 2.04. The molecule has 1 heterocycles. The van der Waals surface area contributed by atoms with Crippen LogP contribution in [0.3, 0.4) is 0 Å². The van der Waals surface area contributed by atoms with Crippen LogP contribution in [0.1, 0.15) is 25.7 Å². The Morgan fingerprint density at radius 1 is 1.27 bits per heavy atom. The fraction of sp³-hybridized carbons (Fsp3) is 0.556.